The van der Waals surface area contributed by atoms with Crippen LogP contribution in [0, 0.1) is 0 Å². The van der Waals surface area contributed by atoms with Gasteiger partial charge in [0, 0.05) is 10.8 Å². The lowest BCUT2D eigenvalue weighted by molar-refractivity contribution is 0.312. The fourth-order valence-corrected chi connectivity index (χ4v) is 8.06. The zero-order chi connectivity index (χ0) is 26.6. The van der Waals surface area contributed by atoms with Crippen molar-refractivity contribution >= 4 is 0 Å². The van der Waals surface area contributed by atoms with Gasteiger partial charge in [0.25, 0.3) is 0 Å². The van der Waals surface area contributed by atoms with E-state index in [1.165, 1.54) is 55.6 Å². The molecule has 0 aromatic heterocycles. The van der Waals surface area contributed by atoms with Crippen LogP contribution in [0.2, 0.25) is 0 Å². The third-order valence-electron chi connectivity index (χ3n) is 9.48. The van der Waals surface area contributed by atoms with Crippen molar-refractivity contribution in [2.75, 3.05) is 0 Å². The van der Waals surface area contributed by atoms with Crippen LogP contribution in [0.4, 0.5) is 0 Å². The molecule has 0 radical (unpaired) electrons. The molecule has 0 amide bonds. The SMILES string of the molecule is c1ccc(CC2(C3(Cc4ccccc4)c4ccccc4-c4ccccc43)c3ccccc3-c3ccccc32)cc1. The van der Waals surface area contributed by atoms with Gasteiger partial charge in [-0.1, -0.05) is 158 Å². The maximum atomic E-state index is 2.41. The second-order valence-electron chi connectivity index (χ2n) is 11.3. The van der Waals surface area contributed by atoms with E-state index in [1.807, 2.05) is 0 Å². The van der Waals surface area contributed by atoms with Gasteiger partial charge in [-0.3, -0.25) is 0 Å². The van der Waals surface area contributed by atoms with Crippen LogP contribution in [0.15, 0.2) is 158 Å². The first kappa shape index (κ1) is 23.2. The van der Waals surface area contributed by atoms with Crippen LogP contribution in [0.1, 0.15) is 33.4 Å². The van der Waals surface area contributed by atoms with Crippen molar-refractivity contribution < 1.29 is 0 Å². The van der Waals surface area contributed by atoms with Crippen molar-refractivity contribution in [3.63, 3.8) is 0 Å². The Morgan fingerprint density at radius 2 is 0.525 bits per heavy atom. The Balaban J connectivity index is 1.57. The van der Waals surface area contributed by atoms with E-state index < -0.39 is 0 Å². The van der Waals surface area contributed by atoms with Crippen molar-refractivity contribution in [2.24, 2.45) is 0 Å². The van der Waals surface area contributed by atoms with Crippen LogP contribution < -0.4 is 0 Å². The first-order valence-corrected chi connectivity index (χ1v) is 14.3. The van der Waals surface area contributed by atoms with Gasteiger partial charge in [-0.25, -0.2) is 0 Å². The lowest BCUT2D eigenvalue weighted by Crippen LogP contribution is -2.52. The van der Waals surface area contributed by atoms with Crippen LogP contribution >= 0.6 is 0 Å². The number of hydrogen-bond acceptors (Lipinski definition) is 0. The molecule has 6 aromatic rings. The second kappa shape index (κ2) is 8.93. The Kier molecular flexibility index (Phi) is 5.19. The molecule has 190 valence electrons. The largest absolute Gasteiger partial charge is 0.0622 e. The molecule has 0 saturated carbocycles. The number of fused-ring (bicyclic) bond motifs is 6. The summed E-state index contributed by atoms with van der Waals surface area (Å²) in [5.74, 6) is 0. The van der Waals surface area contributed by atoms with Crippen LogP contribution in [0.3, 0.4) is 0 Å². The Hall–Kier alpha value is -4.68. The van der Waals surface area contributed by atoms with Crippen LogP contribution in [-0.2, 0) is 23.7 Å². The molecular formula is C40H30. The van der Waals surface area contributed by atoms with E-state index in [4.69, 9.17) is 0 Å². The molecule has 0 heterocycles. The van der Waals surface area contributed by atoms with Gasteiger partial charge in [-0.2, -0.15) is 0 Å². The smallest absolute Gasteiger partial charge is 0.0396 e. The molecule has 0 fully saturated rings. The quantitative estimate of drug-likeness (QED) is 0.217. The number of rotatable bonds is 5. The molecule has 0 nitrogen and oxygen atoms in total. The molecule has 0 atom stereocenters. The average molecular weight is 511 g/mol. The van der Waals surface area contributed by atoms with Crippen molar-refractivity contribution in [1.82, 2.24) is 0 Å². The van der Waals surface area contributed by atoms with Gasteiger partial charge in [0.2, 0.25) is 0 Å². The summed E-state index contributed by atoms with van der Waals surface area (Å²) >= 11 is 0. The first-order valence-electron chi connectivity index (χ1n) is 14.3. The van der Waals surface area contributed by atoms with Crippen LogP contribution in [-0.4, -0.2) is 0 Å². The monoisotopic (exact) mass is 510 g/mol. The maximum Gasteiger partial charge on any atom is 0.0396 e. The zero-order valence-corrected chi connectivity index (χ0v) is 22.4. The van der Waals surface area contributed by atoms with E-state index >= 15 is 0 Å². The Morgan fingerprint density at radius 1 is 0.275 bits per heavy atom. The standard InChI is InChI=1S/C40H30/c1-3-15-29(16-4-1)27-39(35-23-11-7-19-31(35)32-20-8-12-24-36(32)39)40(28-30-17-5-2-6-18-30)37-25-13-9-21-33(37)34-22-10-14-26-38(34)40/h1-26H,27-28H2. The fraction of sp³-hybridized carbons (Fsp3) is 0.100. The van der Waals surface area contributed by atoms with E-state index in [0.717, 1.165) is 12.8 Å². The van der Waals surface area contributed by atoms with Crippen molar-refractivity contribution in [2.45, 2.75) is 23.7 Å². The highest BCUT2D eigenvalue weighted by molar-refractivity contribution is 5.89. The van der Waals surface area contributed by atoms with E-state index in [-0.39, 0.29) is 10.8 Å². The highest BCUT2D eigenvalue weighted by atomic mass is 14.6. The van der Waals surface area contributed by atoms with Crippen molar-refractivity contribution in [3.05, 3.63) is 191 Å². The molecule has 8 rings (SSSR count). The van der Waals surface area contributed by atoms with Gasteiger partial charge in [0.1, 0.15) is 0 Å². The molecule has 2 aliphatic carbocycles. The Morgan fingerprint density at radius 3 is 0.825 bits per heavy atom. The van der Waals surface area contributed by atoms with Gasteiger partial charge < -0.3 is 0 Å². The average Bonchev–Trinajstić information content (AvgIpc) is 3.47. The summed E-state index contributed by atoms with van der Waals surface area (Å²) in [5, 5.41) is 0. The summed E-state index contributed by atoms with van der Waals surface area (Å²) in [5.41, 5.74) is 13.3. The summed E-state index contributed by atoms with van der Waals surface area (Å²) in [7, 11) is 0. The molecule has 0 spiro atoms. The molecule has 0 saturated heterocycles. The van der Waals surface area contributed by atoms with Crippen LogP contribution in [0.25, 0.3) is 22.3 Å². The molecule has 0 heteroatoms. The van der Waals surface area contributed by atoms with Crippen molar-refractivity contribution in [1.29, 1.82) is 0 Å². The molecule has 0 bridgehead atoms. The highest BCUT2D eigenvalue weighted by Crippen LogP contribution is 2.66. The minimum Gasteiger partial charge on any atom is -0.0622 e. The van der Waals surface area contributed by atoms with E-state index in [2.05, 4.69) is 158 Å². The maximum absolute atomic E-state index is 2.41. The normalized spacial score (nSPS) is 15.1. The number of hydrogen-bond donors (Lipinski definition) is 0. The highest BCUT2D eigenvalue weighted by Gasteiger charge is 2.61. The first-order chi connectivity index (χ1) is 19.8. The summed E-state index contributed by atoms with van der Waals surface area (Å²) < 4.78 is 0. The predicted molar refractivity (Wildman–Crippen MR) is 166 cm³/mol. The molecule has 40 heavy (non-hydrogen) atoms. The molecule has 0 N–H and O–H groups in total. The topological polar surface area (TPSA) is 0 Å². The third-order valence-corrected chi connectivity index (χ3v) is 9.48. The number of benzene rings is 6. The van der Waals surface area contributed by atoms with Gasteiger partial charge in [-0.05, 0) is 68.5 Å². The van der Waals surface area contributed by atoms with E-state index in [9.17, 15) is 0 Å². The summed E-state index contributed by atoms with van der Waals surface area (Å²) in [6.07, 6.45) is 1.83. The summed E-state index contributed by atoms with van der Waals surface area (Å²) in [4.78, 5) is 0. The molecule has 0 aliphatic heterocycles. The lowest BCUT2D eigenvalue weighted by Gasteiger charge is -2.50. The molecule has 2 aliphatic rings. The third kappa shape index (κ3) is 3.08. The minimum absolute atomic E-state index is 0.319. The Labute approximate surface area is 236 Å². The van der Waals surface area contributed by atoms with E-state index in [1.54, 1.807) is 0 Å². The molecule has 6 aromatic carbocycles. The minimum atomic E-state index is -0.319. The zero-order valence-electron chi connectivity index (χ0n) is 22.4. The van der Waals surface area contributed by atoms with Crippen molar-refractivity contribution in [3.8, 4) is 22.3 Å². The molecule has 0 unspecified atom stereocenters. The fourth-order valence-electron chi connectivity index (χ4n) is 8.06. The molecular weight excluding hydrogens is 480 g/mol. The Bertz CT molecular complexity index is 1620. The second-order valence-corrected chi connectivity index (χ2v) is 11.3. The van der Waals surface area contributed by atoms with Gasteiger partial charge in [0.15, 0.2) is 0 Å². The lowest BCUT2D eigenvalue weighted by atomic mass is 9.50. The summed E-state index contributed by atoms with van der Waals surface area (Å²) in [6.45, 7) is 0. The van der Waals surface area contributed by atoms with E-state index in [0.29, 0.717) is 0 Å². The van der Waals surface area contributed by atoms with Gasteiger partial charge in [0.05, 0.1) is 0 Å². The summed E-state index contributed by atoms with van der Waals surface area (Å²) in [6, 6.07) is 59.1. The predicted octanol–water partition coefficient (Wildman–Crippen LogP) is 9.41. The van der Waals surface area contributed by atoms with Gasteiger partial charge in [-0.15, -0.1) is 0 Å². The van der Waals surface area contributed by atoms with Gasteiger partial charge >= 0.3 is 0 Å². The van der Waals surface area contributed by atoms with Crippen LogP contribution in [0.5, 0.6) is 0 Å².